The van der Waals surface area contributed by atoms with E-state index < -0.39 is 0 Å². The number of aromatic nitrogens is 1. The fourth-order valence-corrected chi connectivity index (χ4v) is 4.59. The van der Waals surface area contributed by atoms with Crippen molar-refractivity contribution in [2.45, 2.75) is 38.8 Å². The molecule has 1 aromatic heterocycles. The van der Waals surface area contributed by atoms with E-state index in [0.29, 0.717) is 6.61 Å². The van der Waals surface area contributed by atoms with Crippen LogP contribution in [0, 0.1) is 12.8 Å². The van der Waals surface area contributed by atoms with Crippen molar-refractivity contribution < 1.29 is 19.7 Å². The number of aryl methyl sites for hydroxylation is 2. The highest BCUT2D eigenvalue weighted by Crippen LogP contribution is 2.36. The monoisotopic (exact) mass is 422 g/mol. The van der Waals surface area contributed by atoms with Crippen molar-refractivity contribution in [3.63, 3.8) is 0 Å². The van der Waals surface area contributed by atoms with E-state index in [4.69, 9.17) is 4.74 Å². The summed E-state index contributed by atoms with van der Waals surface area (Å²) in [5.41, 5.74) is 4.29. The largest absolute Gasteiger partial charge is 0.508 e. The topological polar surface area (TPSA) is 83.7 Å². The molecule has 6 heteroatoms. The number of ether oxygens (including phenoxy) is 1. The molecule has 1 fully saturated rings. The summed E-state index contributed by atoms with van der Waals surface area (Å²) in [5, 5.41) is 24.0. The van der Waals surface area contributed by atoms with Gasteiger partial charge in [0.1, 0.15) is 17.8 Å². The van der Waals surface area contributed by atoms with Gasteiger partial charge in [-0.3, -0.25) is 0 Å². The molecular weight excluding hydrogens is 392 g/mol. The fraction of sp³-hybridized carbons (Fsp3) is 0.400. The summed E-state index contributed by atoms with van der Waals surface area (Å²) in [6, 6.07) is 12.7. The summed E-state index contributed by atoms with van der Waals surface area (Å²) >= 11 is 0. The molecule has 1 saturated heterocycles. The summed E-state index contributed by atoms with van der Waals surface area (Å²) in [5.74, 6) is 0.408. The van der Waals surface area contributed by atoms with Crippen LogP contribution in [0.3, 0.4) is 0 Å². The number of hydrogen-bond donors (Lipinski definition) is 3. The molecule has 6 nitrogen and oxygen atoms in total. The number of nitrogens with zero attached hydrogens (tertiary/aromatic N) is 1. The minimum absolute atomic E-state index is 0.0311. The fourth-order valence-electron chi connectivity index (χ4n) is 4.59. The van der Waals surface area contributed by atoms with Crippen LogP contribution in [0.5, 0.6) is 11.5 Å². The molecule has 2 unspecified atom stereocenters. The van der Waals surface area contributed by atoms with Gasteiger partial charge in [-0.15, -0.1) is 0 Å². The lowest BCUT2D eigenvalue weighted by Gasteiger charge is -2.28. The summed E-state index contributed by atoms with van der Waals surface area (Å²) in [7, 11) is 0. The standard InChI is InChI=1S/C25H30N2O4/c1-17-22-14-21(30)9-10-23(22)27(25(17)18-5-7-20(29)8-6-18)12-3-2-4-19(16-28)24-15-26-11-13-31-24/h5-10,14,16,19,24,26,29-30H,2-4,11-13,15H2,1H3. The molecule has 1 aliphatic rings. The third-order valence-electron chi connectivity index (χ3n) is 6.22. The number of fused-ring (bicyclic) bond motifs is 1. The minimum Gasteiger partial charge on any atom is -0.508 e. The van der Waals surface area contributed by atoms with Crippen LogP contribution >= 0.6 is 0 Å². The number of aromatic hydroxyl groups is 2. The highest BCUT2D eigenvalue weighted by atomic mass is 16.5. The van der Waals surface area contributed by atoms with Crippen molar-refractivity contribution in [2.24, 2.45) is 5.92 Å². The van der Waals surface area contributed by atoms with Gasteiger partial charge < -0.3 is 29.6 Å². The SMILES string of the molecule is Cc1c(-c2ccc(O)cc2)n(CCCCC(C=O)C2CNCCO2)c2ccc(O)cc12. The first-order valence-electron chi connectivity index (χ1n) is 11.0. The maximum absolute atomic E-state index is 11.6. The Hall–Kier alpha value is -2.83. The second-order valence-electron chi connectivity index (χ2n) is 8.28. The number of nitrogens with one attached hydrogen (secondary N) is 1. The van der Waals surface area contributed by atoms with Gasteiger partial charge in [-0.2, -0.15) is 0 Å². The first-order chi connectivity index (χ1) is 15.1. The average Bonchev–Trinajstić information content (AvgIpc) is 3.06. The first-order valence-corrected chi connectivity index (χ1v) is 11.0. The second-order valence-corrected chi connectivity index (χ2v) is 8.28. The number of aldehydes is 1. The summed E-state index contributed by atoms with van der Waals surface area (Å²) in [4.78, 5) is 11.6. The van der Waals surface area contributed by atoms with Gasteiger partial charge in [0.15, 0.2) is 0 Å². The molecule has 0 radical (unpaired) electrons. The Labute approximate surface area is 182 Å². The Bertz CT molecular complexity index is 1040. The first kappa shape index (κ1) is 21.4. The van der Waals surface area contributed by atoms with E-state index in [0.717, 1.165) is 72.9 Å². The molecule has 3 N–H and O–H groups in total. The molecule has 0 aliphatic carbocycles. The van der Waals surface area contributed by atoms with Gasteiger partial charge >= 0.3 is 0 Å². The van der Waals surface area contributed by atoms with Gasteiger partial charge in [0.05, 0.1) is 18.4 Å². The van der Waals surface area contributed by atoms with E-state index in [-0.39, 0.29) is 23.5 Å². The molecule has 0 amide bonds. The number of unbranched alkanes of at least 4 members (excludes halogenated alkanes) is 1. The normalized spacial score (nSPS) is 17.6. The average molecular weight is 423 g/mol. The Kier molecular flexibility index (Phi) is 6.59. The van der Waals surface area contributed by atoms with Crippen molar-refractivity contribution in [1.82, 2.24) is 9.88 Å². The number of hydrogen-bond acceptors (Lipinski definition) is 5. The molecule has 0 bridgehead atoms. The zero-order valence-corrected chi connectivity index (χ0v) is 17.9. The Morgan fingerprint density at radius 2 is 1.94 bits per heavy atom. The van der Waals surface area contributed by atoms with Gasteiger partial charge in [-0.1, -0.05) is 6.42 Å². The molecule has 164 valence electrons. The van der Waals surface area contributed by atoms with Crippen molar-refractivity contribution in [2.75, 3.05) is 19.7 Å². The number of phenols is 2. The minimum atomic E-state index is -0.0792. The van der Waals surface area contributed by atoms with Crippen molar-refractivity contribution >= 4 is 17.2 Å². The number of phenolic OH excluding ortho intramolecular Hbond substituents is 2. The number of carbonyl (C=O) groups excluding carboxylic acids is 1. The van der Waals surface area contributed by atoms with Crippen LogP contribution in [0.4, 0.5) is 0 Å². The molecule has 4 rings (SSSR count). The molecule has 0 spiro atoms. The van der Waals surface area contributed by atoms with Crippen molar-refractivity contribution in [1.29, 1.82) is 0 Å². The summed E-state index contributed by atoms with van der Waals surface area (Å²) in [6.07, 6.45) is 3.67. The molecular formula is C25H30N2O4. The van der Waals surface area contributed by atoms with Crippen LogP contribution in [0.2, 0.25) is 0 Å². The zero-order chi connectivity index (χ0) is 21.8. The molecule has 1 aliphatic heterocycles. The quantitative estimate of drug-likeness (QED) is 0.377. The van der Waals surface area contributed by atoms with Gasteiger partial charge in [-0.25, -0.2) is 0 Å². The van der Waals surface area contributed by atoms with Crippen LogP contribution in [0.15, 0.2) is 42.5 Å². The van der Waals surface area contributed by atoms with E-state index >= 15 is 0 Å². The third kappa shape index (κ3) is 4.60. The zero-order valence-electron chi connectivity index (χ0n) is 17.9. The smallest absolute Gasteiger partial charge is 0.125 e. The van der Waals surface area contributed by atoms with Crippen molar-refractivity contribution in [3.05, 3.63) is 48.0 Å². The predicted octanol–water partition coefficient (Wildman–Crippen LogP) is 4.00. The molecule has 2 heterocycles. The molecule has 3 aromatic rings. The number of carbonyl (C=O) groups is 1. The lowest BCUT2D eigenvalue weighted by molar-refractivity contribution is -0.117. The van der Waals surface area contributed by atoms with Crippen molar-refractivity contribution in [3.8, 4) is 22.8 Å². The van der Waals surface area contributed by atoms with E-state index in [1.165, 1.54) is 0 Å². The van der Waals surface area contributed by atoms with Crippen LogP contribution in [-0.2, 0) is 16.1 Å². The van der Waals surface area contributed by atoms with E-state index in [2.05, 4.69) is 16.8 Å². The van der Waals surface area contributed by atoms with Crippen LogP contribution in [0.1, 0.15) is 24.8 Å². The molecule has 2 aromatic carbocycles. The molecule has 2 atom stereocenters. The lowest BCUT2D eigenvalue weighted by atomic mass is 9.96. The summed E-state index contributed by atoms with van der Waals surface area (Å²) < 4.78 is 8.04. The van der Waals surface area contributed by atoms with Gasteiger partial charge in [0, 0.05) is 36.5 Å². The van der Waals surface area contributed by atoms with Crippen LogP contribution < -0.4 is 5.32 Å². The molecule has 0 saturated carbocycles. The third-order valence-corrected chi connectivity index (χ3v) is 6.22. The van der Waals surface area contributed by atoms with Gasteiger partial charge in [0.25, 0.3) is 0 Å². The highest BCUT2D eigenvalue weighted by molar-refractivity contribution is 5.92. The van der Waals surface area contributed by atoms with E-state index in [9.17, 15) is 15.0 Å². The number of benzene rings is 2. The maximum atomic E-state index is 11.6. The maximum Gasteiger partial charge on any atom is 0.125 e. The Morgan fingerprint density at radius 1 is 1.16 bits per heavy atom. The van der Waals surface area contributed by atoms with Crippen LogP contribution in [-0.4, -0.2) is 46.9 Å². The Balaban J connectivity index is 1.54. The summed E-state index contributed by atoms with van der Waals surface area (Å²) in [6.45, 7) is 5.11. The van der Waals surface area contributed by atoms with Gasteiger partial charge in [-0.05, 0) is 73.4 Å². The number of rotatable bonds is 8. The predicted molar refractivity (Wildman–Crippen MR) is 121 cm³/mol. The molecule has 31 heavy (non-hydrogen) atoms. The second kappa shape index (κ2) is 9.54. The highest BCUT2D eigenvalue weighted by Gasteiger charge is 2.23. The van der Waals surface area contributed by atoms with E-state index in [1.54, 1.807) is 24.3 Å². The van der Waals surface area contributed by atoms with Gasteiger partial charge in [0.2, 0.25) is 0 Å². The number of morpholine rings is 1. The lowest BCUT2D eigenvalue weighted by Crippen LogP contribution is -2.43. The Morgan fingerprint density at radius 3 is 2.65 bits per heavy atom. The van der Waals surface area contributed by atoms with Crippen LogP contribution in [0.25, 0.3) is 22.2 Å². The van der Waals surface area contributed by atoms with E-state index in [1.807, 2.05) is 18.2 Å².